The standard InChI is InChI=1S/C16H19ClN6O/c1-22-13-4-3-10(17)5-12(13)20-15(22)8-23-7-11(24-2)6-14(23)16-18-9-19-21-16/h3-5,9,11,14H,6-8H2,1-2H3,(H,18,19,21)/t11-,14+/m1/s1. The molecule has 0 unspecified atom stereocenters. The van der Waals surface area contributed by atoms with E-state index in [1.807, 2.05) is 25.2 Å². The largest absolute Gasteiger partial charge is 0.380 e. The second kappa shape index (κ2) is 6.16. The average Bonchev–Trinajstić information content (AvgIpc) is 3.28. The van der Waals surface area contributed by atoms with Crippen molar-refractivity contribution in [3.8, 4) is 0 Å². The summed E-state index contributed by atoms with van der Waals surface area (Å²) in [5.74, 6) is 1.87. The molecule has 1 N–H and O–H groups in total. The second-order valence-corrected chi connectivity index (χ2v) is 6.57. The van der Waals surface area contributed by atoms with Crippen LogP contribution in [0, 0.1) is 0 Å². The summed E-state index contributed by atoms with van der Waals surface area (Å²) < 4.78 is 7.68. The quantitative estimate of drug-likeness (QED) is 0.784. The van der Waals surface area contributed by atoms with Crippen LogP contribution in [0.2, 0.25) is 5.02 Å². The van der Waals surface area contributed by atoms with Gasteiger partial charge < -0.3 is 9.30 Å². The van der Waals surface area contributed by atoms with Crippen molar-refractivity contribution in [2.24, 2.45) is 7.05 Å². The molecule has 1 fully saturated rings. The van der Waals surface area contributed by atoms with E-state index in [-0.39, 0.29) is 12.1 Å². The van der Waals surface area contributed by atoms with Crippen molar-refractivity contribution in [2.75, 3.05) is 13.7 Å². The number of benzene rings is 1. The Bertz CT molecular complexity index is 846. The van der Waals surface area contributed by atoms with Crippen LogP contribution in [0.1, 0.15) is 24.1 Å². The highest BCUT2D eigenvalue weighted by Gasteiger charge is 2.35. The van der Waals surface area contributed by atoms with Crippen LogP contribution in [0.4, 0.5) is 0 Å². The highest BCUT2D eigenvalue weighted by atomic mass is 35.5. The van der Waals surface area contributed by atoms with E-state index in [1.165, 1.54) is 0 Å². The number of H-pyrrole nitrogens is 1. The van der Waals surface area contributed by atoms with E-state index in [0.29, 0.717) is 11.6 Å². The number of nitrogens with zero attached hydrogens (tertiary/aromatic N) is 5. The van der Waals surface area contributed by atoms with Crippen molar-refractivity contribution in [3.63, 3.8) is 0 Å². The van der Waals surface area contributed by atoms with E-state index in [1.54, 1.807) is 13.4 Å². The summed E-state index contributed by atoms with van der Waals surface area (Å²) >= 11 is 6.08. The minimum absolute atomic E-state index is 0.154. The summed E-state index contributed by atoms with van der Waals surface area (Å²) in [6.45, 7) is 1.56. The molecule has 2 aromatic heterocycles. The van der Waals surface area contributed by atoms with E-state index < -0.39 is 0 Å². The molecule has 2 atom stereocenters. The molecule has 0 saturated carbocycles. The number of likely N-dealkylation sites (tertiary alicyclic amines) is 1. The predicted molar refractivity (Wildman–Crippen MR) is 90.7 cm³/mol. The van der Waals surface area contributed by atoms with E-state index in [4.69, 9.17) is 21.3 Å². The van der Waals surface area contributed by atoms with Gasteiger partial charge in [0.1, 0.15) is 18.0 Å². The highest BCUT2D eigenvalue weighted by molar-refractivity contribution is 6.31. The van der Waals surface area contributed by atoms with Crippen LogP contribution in [0.15, 0.2) is 24.5 Å². The fraction of sp³-hybridized carbons (Fsp3) is 0.438. The number of nitrogens with one attached hydrogen (secondary N) is 1. The molecule has 1 aromatic carbocycles. The molecule has 7 nitrogen and oxygen atoms in total. The predicted octanol–water partition coefficient (Wildman–Crippen LogP) is 2.31. The van der Waals surface area contributed by atoms with Crippen LogP contribution in [0.25, 0.3) is 11.0 Å². The molecule has 1 aliphatic heterocycles. The number of ether oxygens (including phenoxy) is 1. The molecular weight excluding hydrogens is 328 g/mol. The number of aromatic amines is 1. The zero-order valence-electron chi connectivity index (χ0n) is 13.6. The summed E-state index contributed by atoms with van der Waals surface area (Å²) in [5.41, 5.74) is 1.99. The number of aryl methyl sites for hydroxylation is 1. The number of halogens is 1. The lowest BCUT2D eigenvalue weighted by atomic mass is 10.2. The first-order chi connectivity index (χ1) is 11.7. The molecule has 0 radical (unpaired) electrons. The van der Waals surface area contributed by atoms with Crippen LogP contribution in [0.3, 0.4) is 0 Å². The summed E-state index contributed by atoms with van der Waals surface area (Å²) in [7, 11) is 3.79. The first kappa shape index (κ1) is 15.6. The van der Waals surface area contributed by atoms with Gasteiger partial charge in [0.2, 0.25) is 0 Å². The Hall–Kier alpha value is -1.96. The van der Waals surface area contributed by atoms with E-state index >= 15 is 0 Å². The number of fused-ring (bicyclic) bond motifs is 1. The molecule has 8 heteroatoms. The molecular formula is C16H19ClN6O. The van der Waals surface area contributed by atoms with Gasteiger partial charge in [0.25, 0.3) is 0 Å². The van der Waals surface area contributed by atoms with Gasteiger partial charge in [0.15, 0.2) is 0 Å². The van der Waals surface area contributed by atoms with Crippen LogP contribution in [-0.2, 0) is 18.3 Å². The number of rotatable bonds is 4. The summed E-state index contributed by atoms with van der Waals surface area (Å²) in [5, 5.41) is 7.67. The Morgan fingerprint density at radius 3 is 3.04 bits per heavy atom. The van der Waals surface area contributed by atoms with Crippen LogP contribution in [0.5, 0.6) is 0 Å². The third kappa shape index (κ3) is 2.68. The zero-order valence-corrected chi connectivity index (χ0v) is 14.4. The maximum atomic E-state index is 6.08. The Balaban J connectivity index is 1.64. The van der Waals surface area contributed by atoms with Crippen molar-refractivity contribution in [2.45, 2.75) is 25.1 Å². The van der Waals surface area contributed by atoms with Gasteiger partial charge in [-0.05, 0) is 24.6 Å². The summed E-state index contributed by atoms with van der Waals surface area (Å²) in [6, 6.07) is 5.95. The van der Waals surface area contributed by atoms with Crippen molar-refractivity contribution in [1.29, 1.82) is 0 Å². The molecule has 0 bridgehead atoms. The average molecular weight is 347 g/mol. The maximum Gasteiger partial charge on any atom is 0.141 e. The van der Waals surface area contributed by atoms with Crippen molar-refractivity contribution in [3.05, 3.63) is 41.2 Å². The maximum absolute atomic E-state index is 6.08. The van der Waals surface area contributed by atoms with Gasteiger partial charge in [0, 0.05) is 25.7 Å². The van der Waals surface area contributed by atoms with Crippen molar-refractivity contribution in [1.82, 2.24) is 29.6 Å². The van der Waals surface area contributed by atoms with Gasteiger partial charge in [-0.3, -0.25) is 10.00 Å². The molecule has 3 heterocycles. The smallest absolute Gasteiger partial charge is 0.141 e. The molecule has 0 aliphatic carbocycles. The lowest BCUT2D eigenvalue weighted by molar-refractivity contribution is 0.107. The first-order valence-electron chi connectivity index (χ1n) is 7.88. The molecule has 4 rings (SSSR count). The number of hydrogen-bond donors (Lipinski definition) is 1. The minimum Gasteiger partial charge on any atom is -0.380 e. The number of hydrogen-bond acceptors (Lipinski definition) is 5. The molecule has 0 amide bonds. The third-order valence-electron chi connectivity index (χ3n) is 4.73. The SMILES string of the molecule is CO[C@@H]1C[C@@H](c2ncn[nH]2)N(Cc2nc3cc(Cl)ccc3n2C)C1. The van der Waals surface area contributed by atoms with E-state index in [9.17, 15) is 0 Å². The second-order valence-electron chi connectivity index (χ2n) is 6.13. The Morgan fingerprint density at radius 1 is 1.42 bits per heavy atom. The lowest BCUT2D eigenvalue weighted by Crippen LogP contribution is -2.26. The van der Waals surface area contributed by atoms with E-state index in [2.05, 4.69) is 24.6 Å². The van der Waals surface area contributed by atoms with Gasteiger partial charge in [-0.25, -0.2) is 9.97 Å². The Labute approximate surface area is 144 Å². The fourth-order valence-electron chi connectivity index (χ4n) is 3.41. The van der Waals surface area contributed by atoms with Gasteiger partial charge in [-0.15, -0.1) is 0 Å². The number of methoxy groups -OCH3 is 1. The Morgan fingerprint density at radius 2 is 2.29 bits per heavy atom. The van der Waals surface area contributed by atoms with Crippen LogP contribution in [-0.4, -0.2) is 49.4 Å². The highest BCUT2D eigenvalue weighted by Crippen LogP contribution is 2.32. The summed E-state index contributed by atoms with van der Waals surface area (Å²) in [4.78, 5) is 11.4. The fourth-order valence-corrected chi connectivity index (χ4v) is 3.58. The monoisotopic (exact) mass is 346 g/mol. The zero-order chi connectivity index (χ0) is 16.7. The number of imidazole rings is 1. The summed E-state index contributed by atoms with van der Waals surface area (Å²) in [6.07, 6.45) is 2.62. The van der Waals surface area contributed by atoms with E-state index in [0.717, 1.165) is 35.6 Å². The molecule has 126 valence electrons. The third-order valence-corrected chi connectivity index (χ3v) is 4.96. The lowest BCUT2D eigenvalue weighted by Gasteiger charge is -2.21. The van der Waals surface area contributed by atoms with Crippen molar-refractivity contribution < 1.29 is 4.74 Å². The minimum atomic E-state index is 0.154. The molecule has 24 heavy (non-hydrogen) atoms. The van der Waals surface area contributed by atoms with Gasteiger partial charge >= 0.3 is 0 Å². The van der Waals surface area contributed by atoms with Crippen molar-refractivity contribution >= 4 is 22.6 Å². The molecule has 0 spiro atoms. The van der Waals surface area contributed by atoms with Gasteiger partial charge in [-0.1, -0.05) is 11.6 Å². The topological polar surface area (TPSA) is 71.9 Å². The normalized spacial score (nSPS) is 21.8. The first-order valence-corrected chi connectivity index (χ1v) is 8.26. The van der Waals surface area contributed by atoms with Crippen LogP contribution >= 0.6 is 11.6 Å². The molecule has 1 aliphatic rings. The van der Waals surface area contributed by atoms with Crippen LogP contribution < -0.4 is 0 Å². The molecule has 1 saturated heterocycles. The molecule has 3 aromatic rings. The number of aromatic nitrogens is 5. The Kier molecular flexibility index (Phi) is 3.99. The van der Waals surface area contributed by atoms with Gasteiger partial charge in [-0.2, -0.15) is 5.10 Å². The van der Waals surface area contributed by atoms with Gasteiger partial charge in [0.05, 0.1) is 29.7 Å².